The molecule has 0 fully saturated rings. The molecule has 0 unspecified atom stereocenters. The highest BCUT2D eigenvalue weighted by Crippen LogP contribution is 2.57. The van der Waals surface area contributed by atoms with E-state index in [9.17, 15) is 0 Å². The van der Waals surface area contributed by atoms with Crippen LogP contribution in [0.15, 0.2) is 544 Å². The summed E-state index contributed by atoms with van der Waals surface area (Å²) < 4.78 is 11.9. The molecule has 150 heavy (non-hydrogen) atoms. The van der Waals surface area contributed by atoms with Crippen LogP contribution in [0.3, 0.4) is 0 Å². The third-order valence-corrected chi connectivity index (χ3v) is 33.4. The van der Waals surface area contributed by atoms with Gasteiger partial charge in [0.25, 0.3) is 0 Å². The molecule has 0 radical (unpaired) electrons. The van der Waals surface area contributed by atoms with E-state index < -0.39 is 0 Å². The zero-order valence-electron chi connectivity index (χ0n) is 83.5. The fraction of sp³-hybridized carbons (Fsp3) is 0.0417. The molecule has 27 aromatic rings. The van der Waals surface area contributed by atoms with Crippen LogP contribution in [0, 0.1) is 0 Å². The van der Waals surface area contributed by atoms with Crippen molar-refractivity contribution >= 4 is 168 Å². The first-order valence-electron chi connectivity index (χ1n) is 51.7. The van der Waals surface area contributed by atoms with Gasteiger partial charge in [0.15, 0.2) is 0 Å². The van der Waals surface area contributed by atoms with Crippen LogP contribution < -0.4 is 14.7 Å². The van der Waals surface area contributed by atoms with Gasteiger partial charge in [0.1, 0.15) is 11.2 Å². The fourth-order valence-electron chi connectivity index (χ4n) is 23.4. The van der Waals surface area contributed by atoms with E-state index in [2.05, 4.69) is 576 Å². The zero-order chi connectivity index (χ0) is 100. The van der Waals surface area contributed by atoms with E-state index in [-0.39, 0.29) is 10.8 Å². The Morgan fingerprint density at radius 3 is 0.960 bits per heavy atom. The number of fused-ring (bicyclic) bond motifs is 18. The van der Waals surface area contributed by atoms with E-state index >= 15 is 0 Å². The second kappa shape index (κ2) is 37.6. The highest BCUT2D eigenvalue weighted by atomic mass is 32.1. The number of hydrogen-bond donors (Lipinski definition) is 0. The highest BCUT2D eigenvalue weighted by molar-refractivity contribution is 7.26. The summed E-state index contributed by atoms with van der Waals surface area (Å²) in [5.74, 6) is 0. The first-order valence-corrected chi connectivity index (χ1v) is 53.3. The SMILES string of the molecule is CC1(C)c2ccccc2-c2ccc(N(c3ccc(-c4ccc5ccccc5c4)cc3)c3cc(-c4ccccc4)c4sc5ccccc5c4c3)cc21.CC1(C)c2ccccc2-c2ccc(N(c3ccc(-c4cccc5ccccc45)cc3)c3cc(-c4ccccc4)c4sc5ccccc5c4c3)cc21.c1ccc(-c2ccc(N(c3ccc(-c4ccccc4)cc3)c3cc(-c4ccc5ccccc5c4)c4oc5ccccc5c4c3)cc2)cc1. The lowest BCUT2D eigenvalue weighted by Crippen LogP contribution is -2.16. The molecule has 0 spiro atoms. The van der Waals surface area contributed by atoms with Crippen molar-refractivity contribution in [2.45, 2.75) is 38.5 Å². The Morgan fingerprint density at radius 2 is 0.480 bits per heavy atom. The molecule has 4 nitrogen and oxygen atoms in total. The molecule has 6 heteroatoms. The summed E-state index contributed by atoms with van der Waals surface area (Å²) in [5, 5.41) is 14.8. The van der Waals surface area contributed by atoms with Crippen molar-refractivity contribution in [3.8, 4) is 100 Å². The number of para-hydroxylation sites is 1. The van der Waals surface area contributed by atoms with Crippen LogP contribution in [0.4, 0.5) is 51.2 Å². The maximum Gasteiger partial charge on any atom is 0.143 e. The molecule has 3 heterocycles. The summed E-state index contributed by atoms with van der Waals surface area (Å²) in [6.07, 6.45) is 0. The number of thiophene rings is 2. The molecule has 2 aliphatic rings. The van der Waals surface area contributed by atoms with Gasteiger partial charge in [-0.05, 0) is 278 Å². The molecule has 0 N–H and O–H groups in total. The number of hydrogen-bond acceptors (Lipinski definition) is 6. The second-order valence-corrected chi connectivity index (χ2v) is 42.6. The molecule has 24 aromatic carbocycles. The summed E-state index contributed by atoms with van der Waals surface area (Å²) in [6.45, 7) is 9.45. The van der Waals surface area contributed by atoms with Crippen molar-refractivity contribution in [3.05, 3.63) is 562 Å². The molecule has 0 saturated carbocycles. The topological polar surface area (TPSA) is 22.9 Å². The molecule has 3 aromatic heterocycles. The van der Waals surface area contributed by atoms with Gasteiger partial charge in [0, 0.05) is 130 Å². The quantitative estimate of drug-likeness (QED) is 0.0962. The number of nitrogens with zero attached hydrogens (tertiary/aromatic N) is 3. The van der Waals surface area contributed by atoms with Crippen molar-refractivity contribution in [2.24, 2.45) is 0 Å². The maximum atomic E-state index is 6.61. The van der Waals surface area contributed by atoms with E-state index in [1.54, 1.807) is 0 Å². The highest BCUT2D eigenvalue weighted by Gasteiger charge is 2.38. The van der Waals surface area contributed by atoms with Crippen molar-refractivity contribution in [1.29, 1.82) is 0 Å². The summed E-state index contributed by atoms with van der Waals surface area (Å²) in [4.78, 5) is 7.28. The molecule has 710 valence electrons. The Hall–Kier alpha value is -18.3. The molecule has 0 bridgehead atoms. The van der Waals surface area contributed by atoms with E-state index in [0.29, 0.717) is 0 Å². The normalized spacial score (nSPS) is 12.5. The van der Waals surface area contributed by atoms with Gasteiger partial charge in [0.2, 0.25) is 0 Å². The molecule has 0 aliphatic heterocycles. The molecule has 2 aliphatic carbocycles. The van der Waals surface area contributed by atoms with Crippen LogP contribution in [0.25, 0.3) is 195 Å². The molecule has 0 amide bonds. The molecular weight excluding hydrogens is 1850 g/mol. The predicted octanol–water partition coefficient (Wildman–Crippen LogP) is 41.8. The van der Waals surface area contributed by atoms with Gasteiger partial charge < -0.3 is 19.1 Å². The minimum absolute atomic E-state index is 0.101. The van der Waals surface area contributed by atoms with Crippen molar-refractivity contribution in [3.63, 3.8) is 0 Å². The smallest absolute Gasteiger partial charge is 0.143 e. The van der Waals surface area contributed by atoms with E-state index in [4.69, 9.17) is 4.42 Å². The van der Waals surface area contributed by atoms with Gasteiger partial charge in [-0.1, -0.05) is 428 Å². The summed E-state index contributed by atoms with van der Waals surface area (Å²) >= 11 is 3.77. The van der Waals surface area contributed by atoms with Crippen LogP contribution in [0.5, 0.6) is 0 Å². The van der Waals surface area contributed by atoms with Gasteiger partial charge in [-0.15, -0.1) is 22.7 Å². The third-order valence-electron chi connectivity index (χ3n) is 30.9. The molecule has 0 saturated heterocycles. The average molecular weight is 1950 g/mol. The second-order valence-electron chi connectivity index (χ2n) is 40.5. The average Bonchev–Trinajstić information content (AvgIpc) is 1.58. The minimum Gasteiger partial charge on any atom is -0.455 e. The largest absolute Gasteiger partial charge is 0.455 e. The summed E-state index contributed by atoms with van der Waals surface area (Å²) in [6, 6.07) is 197. The van der Waals surface area contributed by atoms with Crippen LogP contribution in [0.1, 0.15) is 49.9 Å². The standard InChI is InChI=1S/2C49H35NS.C46H31NO/c1-49(2)45-21-10-8-18-40(45)41-28-27-36(31-46(41)49)50(35-25-23-34(24-26-35)39-20-12-16-32-15-6-7-17-38(32)39)37-29-43(33-13-4-3-5-14-33)48-44(30-37)42-19-9-11-22-47(42)51-48;1-49(2)45-18-10-8-16-40(45)41-27-26-38(31-46(41)49)50(37-24-22-33(23-25-37)36-21-20-32-12-6-7-15-35(32)28-36)39-29-43(34-13-4-3-5-14-34)48-44(30-39)42-17-9-11-19-47(42)51-48;1-3-11-32(12-4-1)35-21-25-39(26-22-35)47(40-27-23-36(24-28-40)33-13-5-2-6-14-33)41-30-43(38-20-19-34-15-7-8-16-37(34)29-38)46-44(31-41)42-17-9-10-18-45(42)48-46/h2*3-31H,1-2H3;1-31H. The number of rotatable bonds is 16. The Balaban J connectivity index is 0.000000111. The van der Waals surface area contributed by atoms with Crippen LogP contribution in [0.2, 0.25) is 0 Å². The van der Waals surface area contributed by atoms with Gasteiger partial charge in [-0.25, -0.2) is 0 Å². The first kappa shape index (κ1) is 90.5. The monoisotopic (exact) mass is 1950 g/mol. The Morgan fingerprint density at radius 1 is 0.167 bits per heavy atom. The van der Waals surface area contributed by atoms with Crippen LogP contribution in [-0.4, -0.2) is 0 Å². The third kappa shape index (κ3) is 16.2. The van der Waals surface area contributed by atoms with Gasteiger partial charge >= 0.3 is 0 Å². The Labute approximate surface area is 881 Å². The van der Waals surface area contributed by atoms with Crippen molar-refractivity contribution in [1.82, 2.24) is 0 Å². The van der Waals surface area contributed by atoms with Gasteiger partial charge in [0.05, 0.1) is 0 Å². The van der Waals surface area contributed by atoms with Crippen LogP contribution >= 0.6 is 22.7 Å². The number of furan rings is 1. The van der Waals surface area contributed by atoms with Crippen molar-refractivity contribution in [2.75, 3.05) is 14.7 Å². The fourth-order valence-corrected chi connectivity index (χ4v) is 25.8. The van der Waals surface area contributed by atoms with Gasteiger partial charge in [-0.2, -0.15) is 0 Å². The van der Waals surface area contributed by atoms with E-state index in [1.807, 2.05) is 28.7 Å². The predicted molar refractivity (Wildman–Crippen MR) is 642 cm³/mol. The number of anilines is 9. The van der Waals surface area contributed by atoms with Gasteiger partial charge in [-0.3, -0.25) is 0 Å². The lowest BCUT2D eigenvalue weighted by molar-refractivity contribution is 0.660. The van der Waals surface area contributed by atoms with E-state index in [1.165, 1.54) is 184 Å². The molecular formula is C144H101N3OS2. The lowest BCUT2D eigenvalue weighted by Gasteiger charge is -2.29. The summed E-state index contributed by atoms with van der Waals surface area (Å²) in [7, 11) is 0. The van der Waals surface area contributed by atoms with E-state index in [0.717, 1.165) is 84.3 Å². The van der Waals surface area contributed by atoms with Crippen LogP contribution in [-0.2, 0) is 10.8 Å². The summed E-state index contributed by atoms with van der Waals surface area (Å²) in [5.41, 5.74) is 39.4. The Kier molecular flexibility index (Phi) is 22.7. The molecule has 29 rings (SSSR count). The lowest BCUT2D eigenvalue weighted by atomic mass is 9.82. The van der Waals surface area contributed by atoms with Crippen molar-refractivity contribution < 1.29 is 4.42 Å². The Bertz CT molecular complexity index is 9780. The number of benzene rings is 24. The maximum absolute atomic E-state index is 6.61. The molecule has 0 atom stereocenters. The minimum atomic E-state index is -0.103. The first-order chi connectivity index (χ1) is 73.8. The zero-order valence-corrected chi connectivity index (χ0v) is 85.1.